The summed E-state index contributed by atoms with van der Waals surface area (Å²) in [7, 11) is 0. The first kappa shape index (κ1) is 6.30. The van der Waals surface area contributed by atoms with Gasteiger partial charge in [0.15, 0.2) is 0 Å². The maximum atomic E-state index is 2.59. The number of hydrogen-bond acceptors (Lipinski definition) is 1. The predicted octanol–water partition coefficient (Wildman–Crippen LogP) is 1.13. The molecule has 2 radical (unpaired) electrons. The molecule has 0 fully saturated rings. The summed E-state index contributed by atoms with van der Waals surface area (Å²) in [6.45, 7) is 1.15. The van der Waals surface area contributed by atoms with Crippen molar-refractivity contribution in [2.75, 3.05) is 10.4 Å². The molecule has 1 aromatic rings. The standard InChI is InChI=1S/C8H8AsN/c9-10-6-5-7-3-1-2-4-8(7)10/h1-4H,5-6H2. The molecule has 1 aromatic carbocycles. The Balaban J connectivity index is 2.51. The molecule has 0 spiro atoms. The molecular formula is C8H8AsN. The van der Waals surface area contributed by atoms with E-state index in [9.17, 15) is 0 Å². The molecule has 0 N–H and O–H groups in total. The zero-order chi connectivity index (χ0) is 6.97. The first-order valence-electron chi connectivity index (χ1n) is 3.42. The van der Waals surface area contributed by atoms with E-state index in [2.05, 4.69) is 45.2 Å². The summed E-state index contributed by atoms with van der Waals surface area (Å²) in [4.78, 5) is 0. The van der Waals surface area contributed by atoms with Crippen LogP contribution in [0.3, 0.4) is 0 Å². The van der Waals surface area contributed by atoms with E-state index in [1.54, 1.807) is 0 Å². The zero-order valence-electron chi connectivity index (χ0n) is 5.62. The van der Waals surface area contributed by atoms with E-state index in [1.165, 1.54) is 17.7 Å². The van der Waals surface area contributed by atoms with Crippen LogP contribution in [0.1, 0.15) is 5.56 Å². The van der Waals surface area contributed by atoms with Crippen LogP contribution in [0.25, 0.3) is 0 Å². The van der Waals surface area contributed by atoms with Crippen LogP contribution in [0.5, 0.6) is 0 Å². The molecule has 0 unspecified atom stereocenters. The van der Waals surface area contributed by atoms with Gasteiger partial charge >= 0.3 is 69.4 Å². The Morgan fingerprint density at radius 3 is 2.90 bits per heavy atom. The van der Waals surface area contributed by atoms with E-state index < -0.39 is 0 Å². The maximum absolute atomic E-state index is 2.59. The van der Waals surface area contributed by atoms with E-state index in [-0.39, 0.29) is 0 Å². The Kier molecular flexibility index (Phi) is 1.46. The number of hydrogen-bond donors (Lipinski definition) is 0. The number of para-hydroxylation sites is 1. The quantitative estimate of drug-likeness (QED) is 0.558. The zero-order valence-corrected chi connectivity index (χ0v) is 7.49. The fourth-order valence-electron chi connectivity index (χ4n) is 1.32. The van der Waals surface area contributed by atoms with E-state index in [0.717, 1.165) is 6.54 Å². The molecule has 1 heterocycles. The monoisotopic (exact) mass is 193 g/mol. The van der Waals surface area contributed by atoms with Crippen LogP contribution in [0.2, 0.25) is 0 Å². The average molecular weight is 193 g/mol. The summed E-state index contributed by atoms with van der Waals surface area (Å²) in [6.07, 6.45) is 1.20. The van der Waals surface area contributed by atoms with Crippen molar-refractivity contribution in [1.82, 2.24) is 0 Å². The average Bonchev–Trinajstić information content (AvgIpc) is 2.34. The van der Waals surface area contributed by atoms with E-state index in [0.29, 0.717) is 0 Å². The molecule has 1 nitrogen and oxygen atoms in total. The molecule has 0 amide bonds. The molecule has 1 aliphatic heterocycles. The van der Waals surface area contributed by atoms with Gasteiger partial charge in [-0.3, -0.25) is 0 Å². The van der Waals surface area contributed by atoms with Crippen LogP contribution >= 0.6 is 0 Å². The topological polar surface area (TPSA) is 3.24 Å². The van der Waals surface area contributed by atoms with Crippen LogP contribution in [0, 0.1) is 0 Å². The van der Waals surface area contributed by atoms with Crippen LogP contribution in [-0.4, -0.2) is 23.6 Å². The van der Waals surface area contributed by atoms with Crippen molar-refractivity contribution >= 4 is 22.8 Å². The first-order valence-corrected chi connectivity index (χ1v) is 4.26. The van der Waals surface area contributed by atoms with E-state index >= 15 is 0 Å². The van der Waals surface area contributed by atoms with Crippen LogP contribution in [0.15, 0.2) is 24.3 Å². The van der Waals surface area contributed by atoms with Gasteiger partial charge in [0.05, 0.1) is 0 Å². The molecule has 0 aliphatic carbocycles. The van der Waals surface area contributed by atoms with Crippen LogP contribution in [-0.2, 0) is 6.42 Å². The second-order valence-electron chi connectivity index (χ2n) is 2.50. The molecule has 0 bridgehead atoms. The second kappa shape index (κ2) is 2.32. The van der Waals surface area contributed by atoms with Crippen molar-refractivity contribution in [1.29, 1.82) is 0 Å². The van der Waals surface area contributed by atoms with Gasteiger partial charge in [0.1, 0.15) is 0 Å². The first-order chi connectivity index (χ1) is 4.88. The van der Waals surface area contributed by atoms with Gasteiger partial charge in [-0.15, -0.1) is 0 Å². The molecular weight excluding hydrogens is 185 g/mol. The van der Waals surface area contributed by atoms with Gasteiger partial charge in [-0.25, -0.2) is 0 Å². The number of rotatable bonds is 0. The van der Waals surface area contributed by atoms with Crippen molar-refractivity contribution in [3.05, 3.63) is 29.8 Å². The Morgan fingerprint density at radius 2 is 2.10 bits per heavy atom. The van der Waals surface area contributed by atoms with Gasteiger partial charge in [-0.05, 0) is 0 Å². The summed E-state index contributed by atoms with van der Waals surface area (Å²) >= 11 is 2.59. The SMILES string of the molecule is [As]N1CCc2ccccc21. The van der Waals surface area contributed by atoms with Gasteiger partial charge < -0.3 is 0 Å². The third-order valence-electron chi connectivity index (χ3n) is 1.86. The summed E-state index contributed by atoms with van der Waals surface area (Å²) in [6, 6.07) is 8.55. The van der Waals surface area contributed by atoms with Crippen LogP contribution in [0.4, 0.5) is 5.69 Å². The molecule has 2 heteroatoms. The third-order valence-corrected chi connectivity index (χ3v) is 2.73. The van der Waals surface area contributed by atoms with E-state index in [1.807, 2.05) is 0 Å². The second-order valence-corrected chi connectivity index (χ2v) is 3.51. The molecule has 0 saturated carbocycles. The molecule has 2 rings (SSSR count). The Bertz CT molecular complexity index is 247. The van der Waals surface area contributed by atoms with Crippen molar-refractivity contribution < 1.29 is 0 Å². The Labute approximate surface area is 69.8 Å². The van der Waals surface area contributed by atoms with Crippen molar-refractivity contribution in [2.24, 2.45) is 0 Å². The van der Waals surface area contributed by atoms with Crippen molar-refractivity contribution in [2.45, 2.75) is 6.42 Å². The number of benzene rings is 1. The molecule has 0 aromatic heterocycles. The van der Waals surface area contributed by atoms with Gasteiger partial charge in [0.25, 0.3) is 0 Å². The molecule has 50 valence electrons. The Hall–Kier alpha value is -0.422. The minimum absolute atomic E-state index is 1.15. The number of anilines is 1. The fourth-order valence-corrected chi connectivity index (χ4v) is 1.94. The number of nitrogens with zero attached hydrogens (tertiary/aromatic N) is 1. The summed E-state index contributed by atoms with van der Waals surface area (Å²) < 4.78 is 2.24. The van der Waals surface area contributed by atoms with Crippen molar-refractivity contribution in [3.8, 4) is 0 Å². The summed E-state index contributed by atoms with van der Waals surface area (Å²) in [5.41, 5.74) is 2.85. The summed E-state index contributed by atoms with van der Waals surface area (Å²) in [5.74, 6) is 0. The normalized spacial score (nSPS) is 15.5. The van der Waals surface area contributed by atoms with Crippen LogP contribution < -0.4 is 3.82 Å². The summed E-state index contributed by atoms with van der Waals surface area (Å²) in [5, 5.41) is 0. The molecule has 0 saturated heterocycles. The molecule has 1 aliphatic rings. The van der Waals surface area contributed by atoms with E-state index in [4.69, 9.17) is 0 Å². The van der Waals surface area contributed by atoms with Gasteiger partial charge in [-0.2, -0.15) is 0 Å². The molecule has 10 heavy (non-hydrogen) atoms. The fraction of sp³-hybridized carbons (Fsp3) is 0.250. The van der Waals surface area contributed by atoms with Gasteiger partial charge in [0.2, 0.25) is 0 Å². The third kappa shape index (κ3) is 0.856. The van der Waals surface area contributed by atoms with Gasteiger partial charge in [0, 0.05) is 0 Å². The molecule has 0 atom stereocenters. The predicted molar refractivity (Wildman–Crippen MR) is 43.2 cm³/mol. The van der Waals surface area contributed by atoms with Crippen molar-refractivity contribution in [3.63, 3.8) is 0 Å². The Morgan fingerprint density at radius 1 is 1.30 bits per heavy atom. The number of fused-ring (bicyclic) bond motifs is 1. The van der Waals surface area contributed by atoms with Gasteiger partial charge in [-0.1, -0.05) is 0 Å². The minimum atomic E-state index is 1.15.